The molecule has 4 fully saturated rings. The lowest BCUT2D eigenvalue weighted by molar-refractivity contribution is -0.0640. The topological polar surface area (TPSA) is 12.0 Å². The Morgan fingerprint density at radius 1 is 1.06 bits per heavy atom. The summed E-state index contributed by atoms with van der Waals surface area (Å²) in [6.07, 6.45) is 11.6. The zero-order valence-corrected chi connectivity index (χ0v) is 11.6. The van der Waals surface area contributed by atoms with E-state index < -0.39 is 0 Å². The minimum absolute atomic E-state index is 0.612. The Kier molecular flexibility index (Phi) is 2.85. The van der Waals surface area contributed by atoms with E-state index in [-0.39, 0.29) is 0 Å². The first kappa shape index (κ1) is 11.8. The monoisotopic (exact) mass is 233 g/mol. The molecule has 0 saturated heterocycles. The standard InChI is InChI=1S/C16H27N/c1-11(2)4-15(17-3)16-8-12-5-13(9-16)7-14(6-12)10-16/h4,12-15,17H,5-10H2,1-3H3. The Balaban J connectivity index is 1.87. The van der Waals surface area contributed by atoms with E-state index in [1.54, 1.807) is 19.3 Å². The molecule has 0 radical (unpaired) electrons. The lowest BCUT2D eigenvalue weighted by atomic mass is 9.47. The predicted octanol–water partition coefficient (Wildman–Crippen LogP) is 3.76. The minimum Gasteiger partial charge on any atom is -0.313 e. The summed E-state index contributed by atoms with van der Waals surface area (Å²) in [4.78, 5) is 0. The fourth-order valence-corrected chi connectivity index (χ4v) is 5.46. The summed E-state index contributed by atoms with van der Waals surface area (Å²) in [5.41, 5.74) is 2.08. The van der Waals surface area contributed by atoms with Crippen LogP contribution in [0, 0.1) is 23.2 Å². The van der Waals surface area contributed by atoms with Crippen LogP contribution in [-0.2, 0) is 0 Å². The van der Waals surface area contributed by atoms with Gasteiger partial charge < -0.3 is 5.32 Å². The molecule has 0 aromatic rings. The van der Waals surface area contributed by atoms with Gasteiger partial charge in [0.1, 0.15) is 0 Å². The first-order chi connectivity index (χ1) is 8.11. The van der Waals surface area contributed by atoms with Crippen LogP contribution in [0.5, 0.6) is 0 Å². The third-order valence-electron chi connectivity index (χ3n) is 5.56. The van der Waals surface area contributed by atoms with E-state index in [4.69, 9.17) is 0 Å². The van der Waals surface area contributed by atoms with Gasteiger partial charge in [0.25, 0.3) is 0 Å². The SMILES string of the molecule is CNC(C=C(C)C)C12CC3CC(CC(C3)C1)C2. The van der Waals surface area contributed by atoms with E-state index in [2.05, 4.69) is 32.3 Å². The molecule has 1 N–H and O–H groups in total. The second-order valence-electron chi connectivity index (χ2n) is 7.29. The molecular formula is C16H27N. The van der Waals surface area contributed by atoms with Crippen molar-refractivity contribution in [2.24, 2.45) is 23.2 Å². The average molecular weight is 233 g/mol. The van der Waals surface area contributed by atoms with Crippen molar-refractivity contribution < 1.29 is 0 Å². The molecule has 4 rings (SSSR count). The van der Waals surface area contributed by atoms with Crippen LogP contribution in [0.3, 0.4) is 0 Å². The molecule has 1 heteroatoms. The first-order valence-corrected chi connectivity index (χ1v) is 7.43. The molecule has 0 aliphatic heterocycles. The van der Waals surface area contributed by atoms with Crippen LogP contribution >= 0.6 is 0 Å². The lowest BCUT2D eigenvalue weighted by Gasteiger charge is -2.59. The number of hydrogen-bond donors (Lipinski definition) is 1. The molecule has 0 amide bonds. The highest BCUT2D eigenvalue weighted by molar-refractivity contribution is 5.13. The van der Waals surface area contributed by atoms with Crippen LogP contribution < -0.4 is 5.32 Å². The van der Waals surface area contributed by atoms with Crippen LogP contribution in [0.25, 0.3) is 0 Å². The summed E-state index contributed by atoms with van der Waals surface area (Å²) in [7, 11) is 2.16. The van der Waals surface area contributed by atoms with Crippen molar-refractivity contribution in [1.29, 1.82) is 0 Å². The normalized spacial score (nSPS) is 44.8. The van der Waals surface area contributed by atoms with E-state index in [1.165, 1.54) is 24.8 Å². The lowest BCUT2D eigenvalue weighted by Crippen LogP contribution is -2.54. The second-order valence-corrected chi connectivity index (χ2v) is 7.29. The zero-order valence-electron chi connectivity index (χ0n) is 11.6. The quantitative estimate of drug-likeness (QED) is 0.732. The highest BCUT2D eigenvalue weighted by Gasteiger charge is 2.53. The van der Waals surface area contributed by atoms with E-state index in [0.29, 0.717) is 11.5 Å². The predicted molar refractivity (Wildman–Crippen MR) is 72.9 cm³/mol. The molecule has 1 nitrogen and oxygen atoms in total. The summed E-state index contributed by atoms with van der Waals surface area (Å²) in [6.45, 7) is 4.48. The van der Waals surface area contributed by atoms with Gasteiger partial charge in [-0.2, -0.15) is 0 Å². The number of allylic oxidation sites excluding steroid dienone is 1. The molecule has 4 aliphatic rings. The summed E-state index contributed by atoms with van der Waals surface area (Å²) in [6, 6.07) is 0.626. The molecule has 4 bridgehead atoms. The fourth-order valence-electron chi connectivity index (χ4n) is 5.46. The van der Waals surface area contributed by atoms with Gasteiger partial charge in [-0.3, -0.25) is 0 Å². The van der Waals surface area contributed by atoms with Crippen molar-refractivity contribution in [3.63, 3.8) is 0 Å². The molecule has 4 saturated carbocycles. The third kappa shape index (κ3) is 1.97. The molecule has 1 unspecified atom stereocenters. The van der Waals surface area contributed by atoms with Gasteiger partial charge in [0, 0.05) is 6.04 Å². The summed E-state index contributed by atoms with van der Waals surface area (Å²) >= 11 is 0. The van der Waals surface area contributed by atoms with Gasteiger partial charge in [0.2, 0.25) is 0 Å². The van der Waals surface area contributed by atoms with Gasteiger partial charge in [-0.1, -0.05) is 11.6 Å². The van der Waals surface area contributed by atoms with Crippen molar-refractivity contribution in [1.82, 2.24) is 5.32 Å². The molecule has 0 heterocycles. The maximum Gasteiger partial charge on any atom is 0.0306 e. The second kappa shape index (κ2) is 4.12. The maximum absolute atomic E-state index is 3.61. The number of hydrogen-bond acceptors (Lipinski definition) is 1. The van der Waals surface area contributed by atoms with E-state index in [1.807, 2.05) is 0 Å². The largest absolute Gasteiger partial charge is 0.313 e. The highest BCUT2D eigenvalue weighted by atomic mass is 14.9. The minimum atomic E-state index is 0.612. The Morgan fingerprint density at radius 2 is 1.53 bits per heavy atom. The Hall–Kier alpha value is -0.300. The number of nitrogens with one attached hydrogen (secondary N) is 1. The van der Waals surface area contributed by atoms with Gasteiger partial charge in [0.15, 0.2) is 0 Å². The summed E-state index contributed by atoms with van der Waals surface area (Å²) in [5.74, 6) is 3.17. The molecule has 17 heavy (non-hydrogen) atoms. The highest BCUT2D eigenvalue weighted by Crippen LogP contribution is 2.61. The van der Waals surface area contributed by atoms with Crippen LogP contribution in [0.15, 0.2) is 11.6 Å². The van der Waals surface area contributed by atoms with E-state index >= 15 is 0 Å². The Labute approximate surface area is 106 Å². The molecule has 4 aliphatic carbocycles. The van der Waals surface area contributed by atoms with Crippen LogP contribution in [0.2, 0.25) is 0 Å². The third-order valence-corrected chi connectivity index (χ3v) is 5.56. The van der Waals surface area contributed by atoms with Crippen molar-refractivity contribution in [2.75, 3.05) is 7.05 Å². The first-order valence-electron chi connectivity index (χ1n) is 7.43. The van der Waals surface area contributed by atoms with Crippen molar-refractivity contribution >= 4 is 0 Å². The number of rotatable bonds is 3. The average Bonchev–Trinajstić information content (AvgIpc) is 2.23. The van der Waals surface area contributed by atoms with Gasteiger partial charge in [-0.15, -0.1) is 0 Å². The van der Waals surface area contributed by atoms with Crippen molar-refractivity contribution in [2.45, 2.75) is 58.4 Å². The fraction of sp³-hybridized carbons (Fsp3) is 0.875. The van der Waals surface area contributed by atoms with Gasteiger partial charge >= 0.3 is 0 Å². The van der Waals surface area contributed by atoms with Crippen LogP contribution in [-0.4, -0.2) is 13.1 Å². The zero-order chi connectivity index (χ0) is 12.0. The summed E-state index contributed by atoms with van der Waals surface area (Å²) in [5, 5.41) is 3.61. The van der Waals surface area contributed by atoms with Crippen molar-refractivity contribution in [3.8, 4) is 0 Å². The molecule has 0 aromatic heterocycles. The van der Waals surface area contributed by atoms with Crippen LogP contribution in [0.1, 0.15) is 52.4 Å². The van der Waals surface area contributed by atoms with Gasteiger partial charge in [-0.05, 0) is 82.6 Å². The molecule has 1 atom stereocenters. The Morgan fingerprint density at radius 3 is 1.88 bits per heavy atom. The van der Waals surface area contributed by atoms with E-state index in [9.17, 15) is 0 Å². The smallest absolute Gasteiger partial charge is 0.0306 e. The maximum atomic E-state index is 3.61. The molecule has 0 spiro atoms. The molecule has 0 aromatic carbocycles. The van der Waals surface area contributed by atoms with Gasteiger partial charge in [0.05, 0.1) is 0 Å². The van der Waals surface area contributed by atoms with E-state index in [0.717, 1.165) is 17.8 Å². The van der Waals surface area contributed by atoms with Crippen LogP contribution in [0.4, 0.5) is 0 Å². The molecule has 96 valence electrons. The Bertz CT molecular complexity index is 289. The summed E-state index contributed by atoms with van der Waals surface area (Å²) < 4.78 is 0. The van der Waals surface area contributed by atoms with Gasteiger partial charge in [-0.25, -0.2) is 0 Å². The van der Waals surface area contributed by atoms with Crippen molar-refractivity contribution in [3.05, 3.63) is 11.6 Å². The molecular weight excluding hydrogens is 206 g/mol. The number of likely N-dealkylation sites (N-methyl/N-ethyl adjacent to an activating group) is 1.